The Balaban J connectivity index is 1.87. The fraction of sp³-hybridized carbons (Fsp3) is 0.444. The summed E-state index contributed by atoms with van der Waals surface area (Å²) in [5.41, 5.74) is 0.887. The summed E-state index contributed by atoms with van der Waals surface area (Å²) >= 11 is 1.81. The van der Waals surface area contributed by atoms with Gasteiger partial charge in [-0.05, 0) is 36.8 Å². The maximum absolute atomic E-state index is 5.15. The number of thiophene rings is 1. The molecule has 5 nitrogen and oxygen atoms in total. The molecule has 0 fully saturated rings. The lowest BCUT2D eigenvalue weighted by molar-refractivity contribution is 0.396. The molecule has 2 rings (SSSR count). The zero-order valence-electron chi connectivity index (χ0n) is 14.6. The third-order valence-corrected chi connectivity index (χ3v) is 4.38. The minimum Gasteiger partial charge on any atom is -0.481 e. The summed E-state index contributed by atoms with van der Waals surface area (Å²) in [5.74, 6) is 1.98. The van der Waals surface area contributed by atoms with Crippen LogP contribution in [-0.2, 0) is 13.0 Å². The Morgan fingerprint density at radius 3 is 2.88 bits per heavy atom. The third kappa shape index (κ3) is 6.20. The Morgan fingerprint density at radius 2 is 2.17 bits per heavy atom. The number of aromatic nitrogens is 1. The number of aliphatic imine (C=N–C) groups is 1. The van der Waals surface area contributed by atoms with Gasteiger partial charge in [-0.1, -0.05) is 19.1 Å². The molecular weight excluding hydrogens is 320 g/mol. The van der Waals surface area contributed by atoms with Crippen molar-refractivity contribution in [2.75, 3.05) is 20.2 Å². The number of guanidine groups is 1. The van der Waals surface area contributed by atoms with E-state index in [0.717, 1.165) is 31.2 Å². The largest absolute Gasteiger partial charge is 0.481 e. The predicted molar refractivity (Wildman–Crippen MR) is 101 cm³/mol. The fourth-order valence-corrected chi connectivity index (χ4v) is 3.15. The van der Waals surface area contributed by atoms with Crippen molar-refractivity contribution in [2.24, 2.45) is 10.9 Å². The van der Waals surface area contributed by atoms with Crippen LogP contribution < -0.4 is 15.4 Å². The third-order valence-electron chi connectivity index (χ3n) is 3.48. The maximum Gasteiger partial charge on any atom is 0.213 e. The molecule has 2 heterocycles. The molecule has 24 heavy (non-hydrogen) atoms. The standard InChI is InChI=1S/C18H26N4OS/c1-4-19-18(20-12-14(2)11-16-8-6-10-24-16)21-13-15-7-5-9-17(22-15)23-3/h5-10,14H,4,11-13H2,1-3H3,(H2,19,20,21). The molecule has 1 unspecified atom stereocenters. The van der Waals surface area contributed by atoms with Crippen LogP contribution in [0.15, 0.2) is 40.7 Å². The highest BCUT2D eigenvalue weighted by Gasteiger charge is 2.06. The summed E-state index contributed by atoms with van der Waals surface area (Å²) in [6.45, 7) is 6.55. The molecule has 0 saturated carbocycles. The summed E-state index contributed by atoms with van der Waals surface area (Å²) in [5, 5.41) is 8.82. The first kappa shape index (κ1) is 18.3. The Bertz CT molecular complexity index is 628. The Hall–Kier alpha value is -2.08. The molecule has 1 atom stereocenters. The number of hydrogen-bond donors (Lipinski definition) is 2. The van der Waals surface area contributed by atoms with Crippen molar-refractivity contribution in [3.8, 4) is 5.88 Å². The minimum absolute atomic E-state index is 0.520. The van der Waals surface area contributed by atoms with Gasteiger partial charge in [0, 0.05) is 24.0 Å². The van der Waals surface area contributed by atoms with Crippen molar-refractivity contribution in [3.63, 3.8) is 0 Å². The van der Waals surface area contributed by atoms with E-state index in [2.05, 4.69) is 52.0 Å². The second-order valence-corrected chi connectivity index (χ2v) is 6.67. The van der Waals surface area contributed by atoms with Gasteiger partial charge < -0.3 is 15.4 Å². The summed E-state index contributed by atoms with van der Waals surface area (Å²) in [7, 11) is 1.62. The molecule has 0 amide bonds. The number of ether oxygens (including phenoxy) is 1. The van der Waals surface area contributed by atoms with E-state index in [1.54, 1.807) is 7.11 Å². The van der Waals surface area contributed by atoms with Crippen LogP contribution in [0.3, 0.4) is 0 Å². The number of nitrogens with one attached hydrogen (secondary N) is 2. The van der Waals surface area contributed by atoms with Gasteiger partial charge in [0.1, 0.15) is 0 Å². The molecule has 0 radical (unpaired) electrons. The second-order valence-electron chi connectivity index (χ2n) is 5.64. The zero-order valence-corrected chi connectivity index (χ0v) is 15.4. The van der Waals surface area contributed by atoms with Crippen molar-refractivity contribution in [2.45, 2.75) is 26.8 Å². The molecule has 0 bridgehead atoms. The number of methoxy groups -OCH3 is 1. The summed E-state index contributed by atoms with van der Waals surface area (Å²) in [6.07, 6.45) is 1.08. The van der Waals surface area contributed by atoms with Gasteiger partial charge in [-0.2, -0.15) is 0 Å². The lowest BCUT2D eigenvalue weighted by Gasteiger charge is -2.15. The molecule has 2 N–H and O–H groups in total. The first-order chi connectivity index (χ1) is 11.7. The highest BCUT2D eigenvalue weighted by Crippen LogP contribution is 2.13. The van der Waals surface area contributed by atoms with Crippen LogP contribution in [0.1, 0.15) is 24.4 Å². The van der Waals surface area contributed by atoms with Gasteiger partial charge in [-0.25, -0.2) is 9.98 Å². The van der Waals surface area contributed by atoms with Gasteiger partial charge in [0.15, 0.2) is 5.96 Å². The fourth-order valence-electron chi connectivity index (χ4n) is 2.28. The first-order valence-electron chi connectivity index (χ1n) is 8.25. The van der Waals surface area contributed by atoms with E-state index in [1.165, 1.54) is 4.88 Å². The molecule has 0 aliphatic carbocycles. The van der Waals surface area contributed by atoms with Gasteiger partial charge in [0.2, 0.25) is 5.88 Å². The number of hydrogen-bond acceptors (Lipinski definition) is 4. The Kier molecular flexibility index (Phi) is 7.55. The molecule has 2 aromatic rings. The second kappa shape index (κ2) is 9.93. The molecule has 0 saturated heterocycles. The lowest BCUT2D eigenvalue weighted by atomic mass is 10.1. The van der Waals surface area contributed by atoms with Gasteiger partial charge in [0.05, 0.1) is 19.3 Å². The van der Waals surface area contributed by atoms with Crippen molar-refractivity contribution in [3.05, 3.63) is 46.3 Å². The first-order valence-corrected chi connectivity index (χ1v) is 9.13. The topological polar surface area (TPSA) is 58.5 Å². The van der Waals surface area contributed by atoms with E-state index in [-0.39, 0.29) is 0 Å². The maximum atomic E-state index is 5.15. The van der Waals surface area contributed by atoms with Gasteiger partial charge in [0.25, 0.3) is 0 Å². The Morgan fingerprint density at radius 1 is 1.29 bits per heavy atom. The van der Waals surface area contributed by atoms with Crippen molar-refractivity contribution in [1.82, 2.24) is 15.6 Å². The summed E-state index contributed by atoms with van der Waals surface area (Å²) in [6, 6.07) is 10.0. The monoisotopic (exact) mass is 346 g/mol. The molecule has 0 spiro atoms. The molecule has 0 aliphatic rings. The molecule has 6 heteroatoms. The quantitative estimate of drug-likeness (QED) is 0.570. The number of rotatable bonds is 8. The smallest absolute Gasteiger partial charge is 0.213 e. The highest BCUT2D eigenvalue weighted by molar-refractivity contribution is 7.09. The van der Waals surface area contributed by atoms with Crippen LogP contribution in [0.25, 0.3) is 0 Å². The van der Waals surface area contributed by atoms with Crippen molar-refractivity contribution < 1.29 is 4.74 Å². The average Bonchev–Trinajstić information content (AvgIpc) is 3.10. The molecule has 2 aromatic heterocycles. The SMILES string of the molecule is CCNC(=NCc1cccc(OC)n1)NCC(C)Cc1cccs1. The molecule has 130 valence electrons. The van der Waals surface area contributed by atoms with Crippen LogP contribution in [0.2, 0.25) is 0 Å². The van der Waals surface area contributed by atoms with Crippen LogP contribution in [0, 0.1) is 5.92 Å². The minimum atomic E-state index is 0.520. The van der Waals surface area contributed by atoms with Crippen LogP contribution >= 0.6 is 11.3 Å². The normalized spacial score (nSPS) is 12.7. The van der Waals surface area contributed by atoms with Gasteiger partial charge >= 0.3 is 0 Å². The number of nitrogens with zero attached hydrogens (tertiary/aromatic N) is 2. The van der Waals surface area contributed by atoms with E-state index in [0.29, 0.717) is 18.3 Å². The lowest BCUT2D eigenvalue weighted by Crippen LogP contribution is -2.39. The van der Waals surface area contributed by atoms with Crippen LogP contribution in [0.4, 0.5) is 0 Å². The average molecular weight is 347 g/mol. The Labute approximate surface area is 148 Å². The molecular formula is C18H26N4OS. The predicted octanol–water partition coefficient (Wildman–Crippen LogP) is 3.09. The van der Waals surface area contributed by atoms with Crippen molar-refractivity contribution >= 4 is 17.3 Å². The molecule has 0 aliphatic heterocycles. The number of pyridine rings is 1. The van der Waals surface area contributed by atoms with E-state index < -0.39 is 0 Å². The summed E-state index contributed by atoms with van der Waals surface area (Å²) < 4.78 is 5.15. The molecule has 0 aromatic carbocycles. The van der Waals surface area contributed by atoms with E-state index in [4.69, 9.17) is 4.74 Å². The highest BCUT2D eigenvalue weighted by atomic mass is 32.1. The van der Waals surface area contributed by atoms with E-state index >= 15 is 0 Å². The zero-order chi connectivity index (χ0) is 17.2. The van der Waals surface area contributed by atoms with Gasteiger partial charge in [-0.15, -0.1) is 11.3 Å². The van der Waals surface area contributed by atoms with Gasteiger partial charge in [-0.3, -0.25) is 0 Å². The summed E-state index contributed by atoms with van der Waals surface area (Å²) in [4.78, 5) is 10.4. The van der Waals surface area contributed by atoms with E-state index in [9.17, 15) is 0 Å². The van der Waals surface area contributed by atoms with Crippen molar-refractivity contribution in [1.29, 1.82) is 0 Å². The van der Waals surface area contributed by atoms with Crippen LogP contribution in [-0.4, -0.2) is 31.1 Å². The van der Waals surface area contributed by atoms with E-state index in [1.807, 2.05) is 29.5 Å². The van der Waals surface area contributed by atoms with Crippen LogP contribution in [0.5, 0.6) is 5.88 Å².